The summed E-state index contributed by atoms with van der Waals surface area (Å²) in [5.41, 5.74) is 0.406. The van der Waals surface area contributed by atoms with Gasteiger partial charge in [0.1, 0.15) is 6.04 Å². The van der Waals surface area contributed by atoms with Gasteiger partial charge in [-0.1, -0.05) is 0 Å². The maximum atomic E-state index is 10.5. The third-order valence-corrected chi connectivity index (χ3v) is 2.62. The molecule has 0 unspecified atom stereocenters. The van der Waals surface area contributed by atoms with E-state index >= 15 is 0 Å². The normalized spacial score (nSPS) is 34.6. The summed E-state index contributed by atoms with van der Waals surface area (Å²) in [6, 6.07) is -0.262. The molecule has 2 N–H and O–H groups in total. The van der Waals surface area contributed by atoms with Gasteiger partial charge in [0.25, 0.3) is 0 Å². The number of hydrogen-bond acceptors (Lipinski definition) is 2. The summed E-state index contributed by atoms with van der Waals surface area (Å²) >= 11 is 0. The highest BCUT2D eigenvalue weighted by molar-refractivity contribution is 5.74. The molecule has 1 heterocycles. The highest BCUT2D eigenvalue weighted by atomic mass is 16.4. The molecule has 0 aromatic heterocycles. The lowest BCUT2D eigenvalue weighted by atomic mass is 10.0. The summed E-state index contributed by atoms with van der Waals surface area (Å²) < 4.78 is 0. The van der Waals surface area contributed by atoms with E-state index < -0.39 is 5.97 Å². The smallest absolute Gasteiger partial charge is 0.320 e. The second kappa shape index (κ2) is 1.72. The Hall–Kier alpha value is -0.570. The number of rotatable bonds is 1. The lowest BCUT2D eigenvalue weighted by molar-refractivity contribution is -0.139. The fourth-order valence-corrected chi connectivity index (χ4v) is 1.65. The molecular weight excluding hydrogens is 130 g/mol. The summed E-state index contributed by atoms with van der Waals surface area (Å²) in [6.07, 6.45) is 3.30. The Labute approximate surface area is 59.4 Å². The van der Waals surface area contributed by atoms with E-state index in [1.807, 2.05) is 0 Å². The van der Waals surface area contributed by atoms with Crippen molar-refractivity contribution >= 4 is 5.97 Å². The molecule has 0 aromatic rings. The first-order valence-corrected chi connectivity index (χ1v) is 3.68. The molecule has 10 heavy (non-hydrogen) atoms. The van der Waals surface area contributed by atoms with Crippen molar-refractivity contribution in [1.82, 2.24) is 5.32 Å². The Bertz CT molecular complexity index is 174. The first-order valence-electron chi connectivity index (χ1n) is 3.68. The molecule has 1 aliphatic heterocycles. The van der Waals surface area contributed by atoms with Crippen molar-refractivity contribution in [3.05, 3.63) is 0 Å². The number of carbonyl (C=O) groups is 1. The summed E-state index contributed by atoms with van der Waals surface area (Å²) in [4.78, 5) is 10.5. The van der Waals surface area contributed by atoms with Crippen molar-refractivity contribution in [2.75, 3.05) is 6.54 Å². The average Bonchev–Trinajstić information content (AvgIpc) is 2.41. The maximum absolute atomic E-state index is 10.5. The lowest BCUT2D eigenvalue weighted by Crippen LogP contribution is -2.29. The number of hydrogen-bond donors (Lipinski definition) is 2. The Morgan fingerprint density at radius 2 is 2.30 bits per heavy atom. The van der Waals surface area contributed by atoms with E-state index in [0.29, 0.717) is 5.41 Å². The summed E-state index contributed by atoms with van der Waals surface area (Å²) in [5, 5.41) is 11.6. The van der Waals surface area contributed by atoms with Crippen LogP contribution in [0.5, 0.6) is 0 Å². The Morgan fingerprint density at radius 3 is 2.60 bits per heavy atom. The molecule has 1 saturated heterocycles. The molecule has 0 aromatic carbocycles. The fourth-order valence-electron chi connectivity index (χ4n) is 1.65. The van der Waals surface area contributed by atoms with Crippen molar-refractivity contribution in [3.8, 4) is 0 Å². The van der Waals surface area contributed by atoms with Crippen LogP contribution in [0.1, 0.15) is 19.3 Å². The number of aliphatic carboxylic acids is 1. The van der Waals surface area contributed by atoms with Gasteiger partial charge in [0, 0.05) is 6.54 Å². The molecule has 56 valence electrons. The van der Waals surface area contributed by atoms with E-state index in [9.17, 15) is 4.79 Å². The predicted molar refractivity (Wildman–Crippen MR) is 35.7 cm³/mol. The summed E-state index contributed by atoms with van der Waals surface area (Å²) in [7, 11) is 0. The van der Waals surface area contributed by atoms with Crippen LogP contribution in [0.25, 0.3) is 0 Å². The van der Waals surface area contributed by atoms with Gasteiger partial charge in [-0.2, -0.15) is 0 Å². The monoisotopic (exact) mass is 141 g/mol. The highest BCUT2D eigenvalue weighted by Crippen LogP contribution is 2.51. The van der Waals surface area contributed by atoms with Gasteiger partial charge in [-0.15, -0.1) is 0 Å². The Balaban J connectivity index is 1.99. The quantitative estimate of drug-likeness (QED) is 0.549. The van der Waals surface area contributed by atoms with Crippen LogP contribution >= 0.6 is 0 Å². The fraction of sp³-hybridized carbons (Fsp3) is 0.857. The van der Waals surface area contributed by atoms with Crippen LogP contribution in [0.3, 0.4) is 0 Å². The standard InChI is InChI=1S/C7H11NO2/c9-6(10)5-3-7(1-2-7)4-8-5/h5,8H,1-4H2,(H,9,10)/t5-/m0/s1. The second-order valence-corrected chi connectivity index (χ2v) is 3.48. The summed E-state index contributed by atoms with van der Waals surface area (Å²) in [6.45, 7) is 0.921. The van der Waals surface area contributed by atoms with E-state index in [4.69, 9.17) is 5.11 Å². The van der Waals surface area contributed by atoms with E-state index in [0.717, 1.165) is 13.0 Å². The Kier molecular flexibility index (Phi) is 1.06. The molecule has 2 rings (SSSR count). The van der Waals surface area contributed by atoms with Crippen molar-refractivity contribution in [3.63, 3.8) is 0 Å². The third-order valence-electron chi connectivity index (χ3n) is 2.62. The number of carboxylic acid groups (broad SMARTS) is 1. The van der Waals surface area contributed by atoms with Crippen LogP contribution < -0.4 is 5.32 Å². The lowest BCUT2D eigenvalue weighted by Gasteiger charge is -2.01. The van der Waals surface area contributed by atoms with Crippen LogP contribution in [-0.2, 0) is 4.79 Å². The molecule has 2 aliphatic rings. The molecule has 1 atom stereocenters. The SMILES string of the molecule is O=C(O)[C@@H]1CC2(CC2)CN1. The van der Waals surface area contributed by atoms with E-state index in [1.54, 1.807) is 0 Å². The average molecular weight is 141 g/mol. The van der Waals surface area contributed by atoms with Crippen molar-refractivity contribution in [2.24, 2.45) is 5.41 Å². The van der Waals surface area contributed by atoms with Crippen LogP contribution in [0.2, 0.25) is 0 Å². The molecule has 2 fully saturated rings. The van der Waals surface area contributed by atoms with Crippen LogP contribution in [0.15, 0.2) is 0 Å². The number of carboxylic acids is 1. The molecule has 0 bridgehead atoms. The van der Waals surface area contributed by atoms with Gasteiger partial charge in [-0.25, -0.2) is 0 Å². The van der Waals surface area contributed by atoms with Crippen molar-refractivity contribution < 1.29 is 9.90 Å². The predicted octanol–water partition coefficient (Wildman–Crippen LogP) is 0.213. The van der Waals surface area contributed by atoms with E-state index in [1.165, 1.54) is 12.8 Å². The highest BCUT2D eigenvalue weighted by Gasteiger charge is 2.49. The molecule has 0 radical (unpaired) electrons. The molecule has 3 heteroatoms. The van der Waals surface area contributed by atoms with Gasteiger partial charge in [0.15, 0.2) is 0 Å². The second-order valence-electron chi connectivity index (χ2n) is 3.48. The largest absolute Gasteiger partial charge is 0.480 e. The minimum absolute atomic E-state index is 0.262. The van der Waals surface area contributed by atoms with Crippen molar-refractivity contribution in [2.45, 2.75) is 25.3 Å². The molecule has 0 amide bonds. The van der Waals surface area contributed by atoms with Gasteiger partial charge in [0.2, 0.25) is 0 Å². The maximum Gasteiger partial charge on any atom is 0.320 e. The molecule has 1 saturated carbocycles. The van der Waals surface area contributed by atoms with Gasteiger partial charge >= 0.3 is 5.97 Å². The topological polar surface area (TPSA) is 49.3 Å². The van der Waals surface area contributed by atoms with Crippen molar-refractivity contribution in [1.29, 1.82) is 0 Å². The van der Waals surface area contributed by atoms with Gasteiger partial charge in [0.05, 0.1) is 0 Å². The zero-order valence-electron chi connectivity index (χ0n) is 5.76. The minimum atomic E-state index is -0.691. The first kappa shape index (κ1) is 6.16. The molecule has 1 aliphatic carbocycles. The third kappa shape index (κ3) is 0.814. The number of nitrogens with one attached hydrogen (secondary N) is 1. The molecule has 3 nitrogen and oxygen atoms in total. The summed E-state index contributed by atoms with van der Waals surface area (Å²) in [5.74, 6) is -0.691. The first-order chi connectivity index (χ1) is 4.72. The van der Waals surface area contributed by atoms with Crippen LogP contribution in [-0.4, -0.2) is 23.7 Å². The van der Waals surface area contributed by atoms with Crippen LogP contribution in [0.4, 0.5) is 0 Å². The van der Waals surface area contributed by atoms with Gasteiger partial charge in [-0.3, -0.25) is 4.79 Å². The minimum Gasteiger partial charge on any atom is -0.480 e. The van der Waals surface area contributed by atoms with Gasteiger partial charge in [-0.05, 0) is 24.7 Å². The zero-order valence-corrected chi connectivity index (χ0v) is 5.76. The Morgan fingerprint density at radius 1 is 1.60 bits per heavy atom. The molecule has 1 spiro atoms. The van der Waals surface area contributed by atoms with E-state index in [-0.39, 0.29) is 6.04 Å². The zero-order chi connectivity index (χ0) is 7.19. The van der Waals surface area contributed by atoms with Gasteiger partial charge < -0.3 is 10.4 Å². The van der Waals surface area contributed by atoms with E-state index in [2.05, 4.69) is 5.32 Å². The molecular formula is C7H11NO2. The van der Waals surface area contributed by atoms with Crippen LogP contribution in [0, 0.1) is 5.41 Å².